The summed E-state index contributed by atoms with van der Waals surface area (Å²) in [5, 5.41) is 9.24. The number of methoxy groups -OCH3 is 1. The van der Waals surface area contributed by atoms with Gasteiger partial charge >= 0.3 is 5.97 Å². The molecule has 0 aliphatic heterocycles. The summed E-state index contributed by atoms with van der Waals surface area (Å²) in [5.41, 5.74) is 3.15. The summed E-state index contributed by atoms with van der Waals surface area (Å²) in [7, 11) is 1.29. The van der Waals surface area contributed by atoms with Crippen molar-refractivity contribution in [3.05, 3.63) is 95.1 Å². The van der Waals surface area contributed by atoms with Gasteiger partial charge in [-0.25, -0.2) is 9.48 Å². The minimum Gasteiger partial charge on any atom is -0.467 e. The van der Waals surface area contributed by atoms with E-state index in [0.29, 0.717) is 10.6 Å². The van der Waals surface area contributed by atoms with Crippen molar-refractivity contribution in [1.82, 2.24) is 20.1 Å². The van der Waals surface area contributed by atoms with Crippen LogP contribution in [-0.2, 0) is 14.3 Å². The van der Waals surface area contributed by atoms with Gasteiger partial charge in [-0.3, -0.25) is 9.78 Å². The second kappa shape index (κ2) is 9.84. The lowest BCUT2D eigenvalue weighted by atomic mass is 10.1. The van der Waals surface area contributed by atoms with E-state index in [1.807, 2.05) is 60.1 Å². The second-order valence-electron chi connectivity index (χ2n) is 6.77. The minimum absolute atomic E-state index is 0.418. The SMILES string of the molecule is COC(=O)[C@H](NC(=O)/C=C\c1cn(-c2ccccc2)nc1-c1cccnc1)c1cccs1. The van der Waals surface area contributed by atoms with Crippen LogP contribution in [0.3, 0.4) is 0 Å². The highest BCUT2D eigenvalue weighted by molar-refractivity contribution is 7.10. The molecule has 1 amide bonds. The number of carbonyl (C=O) groups is 2. The molecular weight excluding hydrogens is 424 g/mol. The van der Waals surface area contributed by atoms with E-state index in [2.05, 4.69) is 10.3 Å². The van der Waals surface area contributed by atoms with E-state index in [0.717, 1.165) is 16.8 Å². The summed E-state index contributed by atoms with van der Waals surface area (Å²) in [6.07, 6.45) is 8.32. The number of thiophene rings is 1. The number of nitrogens with one attached hydrogen (secondary N) is 1. The number of amides is 1. The fourth-order valence-corrected chi connectivity index (χ4v) is 3.89. The normalized spacial score (nSPS) is 11.9. The minimum atomic E-state index is -0.859. The van der Waals surface area contributed by atoms with Gasteiger partial charge in [-0.1, -0.05) is 24.3 Å². The highest BCUT2D eigenvalue weighted by Gasteiger charge is 2.23. The maximum Gasteiger partial charge on any atom is 0.333 e. The van der Waals surface area contributed by atoms with Crippen molar-refractivity contribution < 1.29 is 14.3 Å². The number of rotatable bonds is 7. The van der Waals surface area contributed by atoms with Crippen LogP contribution in [0.2, 0.25) is 0 Å². The monoisotopic (exact) mass is 444 g/mol. The number of ether oxygens (including phenoxy) is 1. The van der Waals surface area contributed by atoms with Crippen LogP contribution in [0.5, 0.6) is 0 Å². The van der Waals surface area contributed by atoms with Gasteiger partial charge < -0.3 is 10.1 Å². The van der Waals surface area contributed by atoms with Crippen LogP contribution in [0.25, 0.3) is 23.0 Å². The molecule has 0 aliphatic carbocycles. The Bertz CT molecular complexity index is 1220. The third-order valence-electron chi connectivity index (χ3n) is 4.66. The summed E-state index contributed by atoms with van der Waals surface area (Å²) < 4.78 is 6.59. The number of nitrogens with zero attached hydrogens (tertiary/aromatic N) is 3. The molecule has 0 saturated carbocycles. The molecule has 1 aromatic carbocycles. The molecule has 0 spiro atoms. The number of hydrogen-bond donors (Lipinski definition) is 1. The molecule has 160 valence electrons. The van der Waals surface area contributed by atoms with Gasteiger partial charge in [0.25, 0.3) is 0 Å². The van der Waals surface area contributed by atoms with E-state index in [1.54, 1.807) is 29.2 Å². The first-order valence-corrected chi connectivity index (χ1v) is 10.7. The average Bonchev–Trinajstić information content (AvgIpc) is 3.52. The van der Waals surface area contributed by atoms with Gasteiger partial charge in [0.1, 0.15) is 5.69 Å². The summed E-state index contributed by atoms with van der Waals surface area (Å²) in [5.74, 6) is -0.944. The van der Waals surface area contributed by atoms with Crippen molar-refractivity contribution in [3.63, 3.8) is 0 Å². The number of esters is 1. The van der Waals surface area contributed by atoms with Crippen LogP contribution < -0.4 is 5.32 Å². The zero-order chi connectivity index (χ0) is 22.3. The number of pyridine rings is 1. The first-order chi connectivity index (χ1) is 15.7. The van der Waals surface area contributed by atoms with E-state index >= 15 is 0 Å². The van der Waals surface area contributed by atoms with Gasteiger partial charge in [-0.15, -0.1) is 11.3 Å². The number of carbonyl (C=O) groups excluding carboxylic acids is 2. The highest BCUT2D eigenvalue weighted by atomic mass is 32.1. The maximum atomic E-state index is 12.6. The van der Waals surface area contributed by atoms with Crippen molar-refractivity contribution in [2.75, 3.05) is 7.11 Å². The lowest BCUT2D eigenvalue weighted by molar-refractivity contribution is -0.144. The van der Waals surface area contributed by atoms with E-state index in [4.69, 9.17) is 9.84 Å². The van der Waals surface area contributed by atoms with Crippen LogP contribution in [0.15, 0.2) is 84.6 Å². The Labute approximate surface area is 189 Å². The van der Waals surface area contributed by atoms with Crippen LogP contribution in [-0.4, -0.2) is 33.8 Å². The fraction of sp³-hybridized carbons (Fsp3) is 0.0833. The third-order valence-corrected chi connectivity index (χ3v) is 5.60. The topological polar surface area (TPSA) is 86.1 Å². The Balaban J connectivity index is 1.62. The molecule has 3 heterocycles. The molecule has 0 unspecified atom stereocenters. The predicted octanol–water partition coefficient (Wildman–Crippen LogP) is 4.04. The van der Waals surface area contributed by atoms with Gasteiger partial charge in [0.15, 0.2) is 6.04 Å². The smallest absolute Gasteiger partial charge is 0.333 e. The molecule has 0 aliphatic rings. The number of hydrogen-bond acceptors (Lipinski definition) is 6. The average molecular weight is 445 g/mol. The van der Waals surface area contributed by atoms with Crippen molar-refractivity contribution >= 4 is 29.3 Å². The van der Waals surface area contributed by atoms with E-state index in [9.17, 15) is 9.59 Å². The van der Waals surface area contributed by atoms with Gasteiger partial charge in [-0.05, 0) is 41.8 Å². The lowest BCUT2D eigenvalue weighted by Gasteiger charge is -2.13. The standard InChI is InChI=1S/C24H20N4O3S/c1-31-24(30)23(20-10-6-14-32-20)26-21(29)12-11-18-16-28(19-8-3-2-4-9-19)27-22(18)17-7-5-13-25-15-17/h2-16,23H,1H3,(H,26,29)/b12-11-/t23-/m1/s1. The molecule has 3 aromatic heterocycles. The van der Waals surface area contributed by atoms with Crippen LogP contribution in [0.4, 0.5) is 0 Å². The molecule has 0 bridgehead atoms. The summed E-state index contributed by atoms with van der Waals surface area (Å²) >= 11 is 1.37. The Morgan fingerprint density at radius 2 is 1.97 bits per heavy atom. The summed E-state index contributed by atoms with van der Waals surface area (Å²) in [6.45, 7) is 0. The fourth-order valence-electron chi connectivity index (χ4n) is 3.12. The Hall–Kier alpha value is -4.04. The molecule has 0 fully saturated rings. The molecule has 7 nitrogen and oxygen atoms in total. The van der Waals surface area contributed by atoms with Crippen LogP contribution >= 0.6 is 11.3 Å². The predicted molar refractivity (Wildman–Crippen MR) is 123 cm³/mol. The number of para-hydroxylation sites is 1. The van der Waals surface area contributed by atoms with Crippen molar-refractivity contribution in [3.8, 4) is 16.9 Å². The maximum absolute atomic E-state index is 12.6. The van der Waals surface area contributed by atoms with Gasteiger partial charge in [-0.2, -0.15) is 5.10 Å². The molecule has 1 atom stereocenters. The van der Waals surface area contributed by atoms with Gasteiger partial charge in [0.2, 0.25) is 5.91 Å². The third kappa shape index (κ3) is 4.81. The Kier molecular flexibility index (Phi) is 6.52. The Morgan fingerprint density at radius 3 is 2.66 bits per heavy atom. The zero-order valence-electron chi connectivity index (χ0n) is 17.2. The molecule has 1 N–H and O–H groups in total. The summed E-state index contributed by atoms with van der Waals surface area (Å²) in [6, 6.07) is 16.2. The first kappa shape index (κ1) is 21.2. The molecular formula is C24H20N4O3S. The van der Waals surface area contributed by atoms with Gasteiger partial charge in [0, 0.05) is 40.7 Å². The number of aromatic nitrogens is 3. The second-order valence-corrected chi connectivity index (χ2v) is 7.75. The van der Waals surface area contributed by atoms with E-state index < -0.39 is 17.9 Å². The van der Waals surface area contributed by atoms with Crippen molar-refractivity contribution in [2.24, 2.45) is 0 Å². The van der Waals surface area contributed by atoms with Crippen LogP contribution in [0, 0.1) is 0 Å². The first-order valence-electron chi connectivity index (χ1n) is 9.81. The van der Waals surface area contributed by atoms with Crippen molar-refractivity contribution in [2.45, 2.75) is 6.04 Å². The number of benzene rings is 1. The van der Waals surface area contributed by atoms with Gasteiger partial charge in [0.05, 0.1) is 12.8 Å². The Morgan fingerprint density at radius 1 is 1.12 bits per heavy atom. The molecule has 0 radical (unpaired) electrons. The van der Waals surface area contributed by atoms with Crippen LogP contribution in [0.1, 0.15) is 16.5 Å². The highest BCUT2D eigenvalue weighted by Crippen LogP contribution is 2.24. The largest absolute Gasteiger partial charge is 0.467 e. The van der Waals surface area contributed by atoms with E-state index in [1.165, 1.54) is 24.5 Å². The molecule has 32 heavy (non-hydrogen) atoms. The van der Waals surface area contributed by atoms with Crippen molar-refractivity contribution in [1.29, 1.82) is 0 Å². The molecule has 4 aromatic rings. The summed E-state index contributed by atoms with van der Waals surface area (Å²) in [4.78, 5) is 29.6. The zero-order valence-corrected chi connectivity index (χ0v) is 18.0. The molecule has 4 rings (SSSR count). The lowest BCUT2D eigenvalue weighted by Crippen LogP contribution is -2.32. The van der Waals surface area contributed by atoms with E-state index in [-0.39, 0.29) is 0 Å². The molecule has 0 saturated heterocycles. The molecule has 8 heteroatoms. The quantitative estimate of drug-likeness (QED) is 0.343.